The molecule has 2 aliphatic rings. The number of amides is 1. The van der Waals surface area contributed by atoms with Gasteiger partial charge in [0.1, 0.15) is 0 Å². The van der Waals surface area contributed by atoms with Crippen LogP contribution in [-0.4, -0.2) is 48.7 Å². The first-order chi connectivity index (χ1) is 12.5. The van der Waals surface area contributed by atoms with E-state index in [0.717, 1.165) is 18.4 Å². The standard InChI is InChI=1S/C20H25NO5/c1-3-4-13-5-8-17(18(9-13)25-2)26-12-19(22)21-10-15(14-6-7-14)16(11-21)20(23)24/h3-5,8-9,14-16H,6-7,10-12H2,1-2H3,(H,23,24)/b4-3+/t15-,16+/m1/s1. The fourth-order valence-corrected chi connectivity index (χ4v) is 3.63. The van der Waals surface area contributed by atoms with Crippen LogP contribution in [0.25, 0.3) is 6.08 Å². The van der Waals surface area contributed by atoms with Gasteiger partial charge in [0.2, 0.25) is 0 Å². The number of benzene rings is 1. The van der Waals surface area contributed by atoms with Gasteiger partial charge in [-0.05, 0) is 49.3 Å². The van der Waals surface area contributed by atoms with E-state index < -0.39 is 11.9 Å². The number of methoxy groups -OCH3 is 1. The molecule has 0 radical (unpaired) electrons. The molecule has 1 saturated heterocycles. The van der Waals surface area contributed by atoms with Gasteiger partial charge in [-0.1, -0.05) is 18.2 Å². The minimum absolute atomic E-state index is 0.0751. The van der Waals surface area contributed by atoms with E-state index in [4.69, 9.17) is 9.47 Å². The Morgan fingerprint density at radius 2 is 2.04 bits per heavy atom. The maximum atomic E-state index is 12.5. The Labute approximate surface area is 153 Å². The second kappa shape index (κ2) is 7.81. The van der Waals surface area contributed by atoms with Gasteiger partial charge < -0.3 is 19.5 Å². The first kappa shape index (κ1) is 18.3. The highest BCUT2D eigenvalue weighted by Crippen LogP contribution is 2.44. The molecule has 1 heterocycles. The van der Waals surface area contributed by atoms with Gasteiger partial charge >= 0.3 is 5.97 Å². The second-order valence-corrected chi connectivity index (χ2v) is 6.94. The van der Waals surface area contributed by atoms with Gasteiger partial charge in [-0.2, -0.15) is 0 Å². The predicted molar refractivity (Wildman–Crippen MR) is 97.1 cm³/mol. The molecule has 1 aliphatic heterocycles. The lowest BCUT2D eigenvalue weighted by molar-refractivity contribution is -0.142. The number of nitrogens with zero attached hydrogens (tertiary/aromatic N) is 1. The highest BCUT2D eigenvalue weighted by Gasteiger charge is 2.46. The average Bonchev–Trinajstić information content (AvgIpc) is 3.38. The number of rotatable bonds is 7. The lowest BCUT2D eigenvalue weighted by atomic mass is 9.92. The number of aliphatic carboxylic acids is 1. The molecule has 0 spiro atoms. The Morgan fingerprint density at radius 3 is 2.65 bits per heavy atom. The van der Waals surface area contributed by atoms with Crippen molar-refractivity contribution >= 4 is 18.0 Å². The molecule has 1 saturated carbocycles. The Kier molecular flexibility index (Phi) is 5.49. The summed E-state index contributed by atoms with van der Waals surface area (Å²) in [7, 11) is 1.56. The zero-order valence-electron chi connectivity index (χ0n) is 15.2. The summed E-state index contributed by atoms with van der Waals surface area (Å²) in [5, 5.41) is 9.41. The first-order valence-electron chi connectivity index (χ1n) is 8.97. The summed E-state index contributed by atoms with van der Waals surface area (Å²) in [5.74, 6) is 0.149. The molecule has 6 heteroatoms. The number of carboxylic acid groups (broad SMARTS) is 1. The summed E-state index contributed by atoms with van der Waals surface area (Å²) >= 11 is 0. The van der Waals surface area contributed by atoms with Crippen molar-refractivity contribution in [1.82, 2.24) is 4.90 Å². The molecule has 1 aromatic rings. The Hall–Kier alpha value is -2.50. The molecular formula is C20H25NO5. The van der Waals surface area contributed by atoms with Crippen LogP contribution < -0.4 is 9.47 Å². The largest absolute Gasteiger partial charge is 0.493 e. The third-order valence-corrected chi connectivity index (χ3v) is 5.16. The third kappa shape index (κ3) is 4.00. The minimum Gasteiger partial charge on any atom is -0.493 e. The molecule has 3 rings (SSSR count). The van der Waals surface area contributed by atoms with E-state index in [1.807, 2.05) is 31.2 Å². The van der Waals surface area contributed by atoms with Crippen molar-refractivity contribution in [2.24, 2.45) is 17.8 Å². The minimum atomic E-state index is -0.806. The fourth-order valence-electron chi connectivity index (χ4n) is 3.63. The summed E-state index contributed by atoms with van der Waals surface area (Å²) in [6.45, 7) is 2.60. The average molecular weight is 359 g/mol. The number of ether oxygens (including phenoxy) is 2. The van der Waals surface area contributed by atoms with E-state index in [9.17, 15) is 14.7 Å². The van der Waals surface area contributed by atoms with Gasteiger partial charge in [0.05, 0.1) is 13.0 Å². The van der Waals surface area contributed by atoms with Crippen LogP contribution in [0.1, 0.15) is 25.3 Å². The van der Waals surface area contributed by atoms with Crippen LogP contribution in [0.3, 0.4) is 0 Å². The molecule has 1 aliphatic carbocycles. The highest BCUT2D eigenvalue weighted by molar-refractivity contribution is 5.80. The molecule has 2 fully saturated rings. The zero-order chi connectivity index (χ0) is 18.7. The molecule has 0 bridgehead atoms. The normalized spacial score (nSPS) is 22.6. The summed E-state index contributed by atoms with van der Waals surface area (Å²) in [6, 6.07) is 5.51. The summed E-state index contributed by atoms with van der Waals surface area (Å²) in [5.41, 5.74) is 0.985. The lowest BCUT2D eigenvalue weighted by Crippen LogP contribution is -2.34. The topological polar surface area (TPSA) is 76.1 Å². The van der Waals surface area contributed by atoms with Gasteiger partial charge in [0.25, 0.3) is 5.91 Å². The first-order valence-corrected chi connectivity index (χ1v) is 8.97. The summed E-state index contributed by atoms with van der Waals surface area (Å²) in [4.78, 5) is 25.6. The van der Waals surface area contributed by atoms with Crippen LogP contribution >= 0.6 is 0 Å². The van der Waals surface area contributed by atoms with Crippen molar-refractivity contribution in [2.45, 2.75) is 19.8 Å². The van der Waals surface area contributed by atoms with Crippen LogP contribution in [-0.2, 0) is 9.59 Å². The quantitative estimate of drug-likeness (QED) is 0.810. The fraction of sp³-hybridized carbons (Fsp3) is 0.500. The SMILES string of the molecule is C/C=C/c1ccc(OCC(=O)N2C[C@H](C(=O)O)[C@@H](C3CC3)C2)c(OC)c1. The number of hydrogen-bond donors (Lipinski definition) is 1. The van der Waals surface area contributed by atoms with E-state index in [2.05, 4.69) is 0 Å². The number of hydrogen-bond acceptors (Lipinski definition) is 4. The molecule has 1 aromatic carbocycles. The molecule has 6 nitrogen and oxygen atoms in total. The maximum Gasteiger partial charge on any atom is 0.308 e. The molecule has 0 aromatic heterocycles. The van der Waals surface area contributed by atoms with Crippen molar-refractivity contribution in [2.75, 3.05) is 26.8 Å². The van der Waals surface area contributed by atoms with Crippen molar-refractivity contribution in [1.29, 1.82) is 0 Å². The Bertz CT molecular complexity index is 710. The van der Waals surface area contributed by atoms with Crippen LogP contribution in [0.15, 0.2) is 24.3 Å². The summed E-state index contributed by atoms with van der Waals surface area (Å²) < 4.78 is 11.0. The van der Waals surface area contributed by atoms with Crippen LogP contribution in [0.2, 0.25) is 0 Å². The lowest BCUT2D eigenvalue weighted by Gasteiger charge is -2.17. The number of carbonyl (C=O) groups is 2. The van der Waals surface area contributed by atoms with Gasteiger partial charge in [0, 0.05) is 13.1 Å². The van der Waals surface area contributed by atoms with Crippen LogP contribution in [0.5, 0.6) is 11.5 Å². The molecule has 1 N–H and O–H groups in total. The number of allylic oxidation sites excluding steroid dienone is 1. The van der Waals surface area contributed by atoms with Gasteiger partial charge in [-0.3, -0.25) is 9.59 Å². The number of likely N-dealkylation sites (tertiary alicyclic amines) is 1. The smallest absolute Gasteiger partial charge is 0.308 e. The Balaban J connectivity index is 1.61. The van der Waals surface area contributed by atoms with E-state index >= 15 is 0 Å². The maximum absolute atomic E-state index is 12.5. The van der Waals surface area contributed by atoms with Crippen molar-refractivity contribution < 1.29 is 24.2 Å². The summed E-state index contributed by atoms with van der Waals surface area (Å²) in [6.07, 6.45) is 6.03. The molecule has 0 unspecified atom stereocenters. The highest BCUT2D eigenvalue weighted by atomic mass is 16.5. The van der Waals surface area contributed by atoms with E-state index in [-0.39, 0.29) is 25.0 Å². The third-order valence-electron chi connectivity index (χ3n) is 5.16. The van der Waals surface area contributed by atoms with Crippen molar-refractivity contribution in [3.8, 4) is 11.5 Å². The molecule has 26 heavy (non-hydrogen) atoms. The zero-order valence-corrected chi connectivity index (χ0v) is 15.2. The van der Waals surface area contributed by atoms with E-state index in [1.54, 1.807) is 18.1 Å². The molecule has 140 valence electrons. The van der Waals surface area contributed by atoms with Gasteiger partial charge in [0.15, 0.2) is 18.1 Å². The van der Waals surface area contributed by atoms with Crippen LogP contribution in [0, 0.1) is 17.8 Å². The second-order valence-electron chi connectivity index (χ2n) is 6.94. The van der Waals surface area contributed by atoms with Crippen molar-refractivity contribution in [3.05, 3.63) is 29.8 Å². The van der Waals surface area contributed by atoms with Crippen molar-refractivity contribution in [3.63, 3.8) is 0 Å². The molecular weight excluding hydrogens is 334 g/mol. The monoisotopic (exact) mass is 359 g/mol. The van der Waals surface area contributed by atoms with E-state index in [0.29, 0.717) is 24.0 Å². The molecule has 2 atom stereocenters. The number of carbonyl (C=O) groups excluding carboxylic acids is 1. The van der Waals surface area contributed by atoms with Crippen LogP contribution in [0.4, 0.5) is 0 Å². The van der Waals surface area contributed by atoms with Gasteiger partial charge in [-0.25, -0.2) is 0 Å². The molecule has 1 amide bonds. The Morgan fingerprint density at radius 1 is 1.27 bits per heavy atom. The number of carboxylic acids is 1. The van der Waals surface area contributed by atoms with Gasteiger partial charge in [-0.15, -0.1) is 0 Å². The van der Waals surface area contributed by atoms with E-state index in [1.165, 1.54) is 0 Å². The predicted octanol–water partition coefficient (Wildman–Crippen LogP) is 2.68.